The third kappa shape index (κ3) is 4.02. The molecule has 5 rings (SSSR count). The normalized spacial score (nSPS) is 16.3. The molecule has 0 radical (unpaired) electrons. The van der Waals surface area contributed by atoms with Crippen molar-refractivity contribution in [3.8, 4) is 0 Å². The quantitative estimate of drug-likeness (QED) is 0.470. The zero-order chi connectivity index (χ0) is 23.8. The van der Waals surface area contributed by atoms with E-state index in [1.54, 1.807) is 11.1 Å². The number of amides is 1. The maximum absolute atomic E-state index is 12.3. The van der Waals surface area contributed by atoms with Crippen molar-refractivity contribution in [3.05, 3.63) is 48.3 Å². The van der Waals surface area contributed by atoms with E-state index >= 15 is 0 Å². The van der Waals surface area contributed by atoms with Gasteiger partial charge in [-0.2, -0.15) is 10.1 Å². The minimum absolute atomic E-state index is 0.0440. The van der Waals surface area contributed by atoms with Gasteiger partial charge in [-0.3, -0.25) is 14.5 Å². The predicted octanol–water partition coefficient (Wildman–Crippen LogP) is 3.80. The molecular weight excluding hydrogens is 428 g/mol. The summed E-state index contributed by atoms with van der Waals surface area (Å²) in [6.45, 7) is 7.98. The summed E-state index contributed by atoms with van der Waals surface area (Å²) in [5, 5.41) is 9.33. The SMILES string of the molecule is CCC(C)n1ncc2nc(N3CCN(C)C(=O)C3)nc(N[C@H](C)c3cnc4ccccc4c3)c21. The van der Waals surface area contributed by atoms with Crippen molar-refractivity contribution in [2.75, 3.05) is 36.9 Å². The van der Waals surface area contributed by atoms with Gasteiger partial charge in [0.2, 0.25) is 11.9 Å². The molecule has 1 saturated heterocycles. The van der Waals surface area contributed by atoms with E-state index in [0.29, 0.717) is 24.9 Å². The fraction of sp³-hybridized carbons (Fsp3) is 0.400. The van der Waals surface area contributed by atoms with E-state index in [9.17, 15) is 4.79 Å². The van der Waals surface area contributed by atoms with Crippen LogP contribution in [0.3, 0.4) is 0 Å². The van der Waals surface area contributed by atoms with Gasteiger partial charge in [0.25, 0.3) is 0 Å². The Kier molecular flexibility index (Phi) is 5.77. The number of pyridine rings is 1. The number of aromatic nitrogens is 5. The Bertz CT molecular complexity index is 1350. The van der Waals surface area contributed by atoms with E-state index in [0.717, 1.165) is 33.9 Å². The average Bonchev–Trinajstić information content (AvgIpc) is 3.29. The van der Waals surface area contributed by atoms with Crippen molar-refractivity contribution in [3.63, 3.8) is 0 Å². The van der Waals surface area contributed by atoms with Crippen LogP contribution in [0.5, 0.6) is 0 Å². The summed E-state index contributed by atoms with van der Waals surface area (Å²) in [6, 6.07) is 10.4. The van der Waals surface area contributed by atoms with Crippen LogP contribution in [0.2, 0.25) is 0 Å². The Morgan fingerprint density at radius 3 is 2.71 bits per heavy atom. The number of carbonyl (C=O) groups excluding carboxylic acids is 1. The standard InChI is InChI=1S/C25H30N8O/c1-5-16(2)33-23-21(14-27-33)29-25(32-11-10-31(4)22(34)15-32)30-24(23)28-17(3)19-12-18-8-6-7-9-20(18)26-13-19/h6-9,12-14,16-17H,5,10-11,15H2,1-4H3,(H,28,29,30)/t16?,17-/m1/s1. The van der Waals surface area contributed by atoms with Crippen LogP contribution in [-0.4, -0.2) is 62.2 Å². The molecule has 9 nitrogen and oxygen atoms in total. The topological polar surface area (TPSA) is 92.1 Å². The van der Waals surface area contributed by atoms with Gasteiger partial charge in [-0.15, -0.1) is 0 Å². The first-order valence-corrected chi connectivity index (χ1v) is 11.8. The number of para-hydroxylation sites is 1. The number of piperazine rings is 1. The van der Waals surface area contributed by atoms with E-state index in [1.165, 1.54) is 0 Å². The predicted molar refractivity (Wildman–Crippen MR) is 134 cm³/mol. The van der Waals surface area contributed by atoms with E-state index in [-0.39, 0.29) is 24.5 Å². The lowest BCUT2D eigenvalue weighted by Crippen LogP contribution is -2.49. The molecule has 34 heavy (non-hydrogen) atoms. The Hall–Kier alpha value is -3.75. The smallest absolute Gasteiger partial charge is 0.242 e. The zero-order valence-electron chi connectivity index (χ0n) is 20.1. The molecule has 0 spiro atoms. The number of nitrogens with one attached hydrogen (secondary N) is 1. The average molecular weight is 459 g/mol. The fourth-order valence-electron chi connectivity index (χ4n) is 4.24. The molecule has 176 valence electrons. The molecule has 0 saturated carbocycles. The van der Waals surface area contributed by atoms with Crippen molar-refractivity contribution < 1.29 is 4.79 Å². The van der Waals surface area contributed by atoms with Crippen LogP contribution < -0.4 is 10.2 Å². The van der Waals surface area contributed by atoms with Crippen LogP contribution in [0, 0.1) is 0 Å². The molecule has 4 heterocycles. The number of carbonyl (C=O) groups is 1. The minimum atomic E-state index is -0.0440. The van der Waals surface area contributed by atoms with Crippen LogP contribution in [0.15, 0.2) is 42.7 Å². The summed E-state index contributed by atoms with van der Waals surface area (Å²) >= 11 is 0. The lowest BCUT2D eigenvalue weighted by Gasteiger charge is -2.32. The molecule has 1 unspecified atom stereocenters. The van der Waals surface area contributed by atoms with Crippen molar-refractivity contribution >= 4 is 39.6 Å². The number of hydrogen-bond acceptors (Lipinski definition) is 7. The number of hydrogen-bond donors (Lipinski definition) is 1. The number of benzene rings is 1. The van der Waals surface area contributed by atoms with Crippen LogP contribution >= 0.6 is 0 Å². The summed E-state index contributed by atoms with van der Waals surface area (Å²) < 4.78 is 1.99. The number of fused-ring (bicyclic) bond motifs is 2. The third-order valence-corrected chi connectivity index (χ3v) is 6.65. The van der Waals surface area contributed by atoms with Crippen LogP contribution in [0.4, 0.5) is 11.8 Å². The van der Waals surface area contributed by atoms with Gasteiger partial charge in [-0.05, 0) is 38.0 Å². The third-order valence-electron chi connectivity index (χ3n) is 6.65. The second kappa shape index (κ2) is 8.89. The lowest BCUT2D eigenvalue weighted by molar-refractivity contribution is -0.129. The minimum Gasteiger partial charge on any atom is -0.362 e. The fourth-order valence-corrected chi connectivity index (χ4v) is 4.24. The number of nitrogens with zero attached hydrogens (tertiary/aromatic N) is 7. The highest BCUT2D eigenvalue weighted by molar-refractivity contribution is 5.88. The first-order chi connectivity index (χ1) is 16.4. The highest BCUT2D eigenvalue weighted by Gasteiger charge is 2.26. The molecule has 1 aromatic carbocycles. The first kappa shape index (κ1) is 22.1. The monoisotopic (exact) mass is 458 g/mol. The van der Waals surface area contributed by atoms with Gasteiger partial charge in [-0.1, -0.05) is 25.1 Å². The lowest BCUT2D eigenvalue weighted by atomic mass is 10.1. The summed E-state index contributed by atoms with van der Waals surface area (Å²) in [6.07, 6.45) is 4.64. The summed E-state index contributed by atoms with van der Waals surface area (Å²) in [5.74, 6) is 1.32. The molecule has 1 fully saturated rings. The highest BCUT2D eigenvalue weighted by Crippen LogP contribution is 2.30. The highest BCUT2D eigenvalue weighted by atomic mass is 16.2. The van der Waals surface area contributed by atoms with Gasteiger partial charge in [0, 0.05) is 37.8 Å². The molecule has 1 N–H and O–H groups in total. The molecule has 9 heteroatoms. The van der Waals surface area contributed by atoms with Crippen LogP contribution in [0.25, 0.3) is 21.9 Å². The van der Waals surface area contributed by atoms with E-state index in [1.807, 2.05) is 41.0 Å². The van der Waals surface area contributed by atoms with Crippen molar-refractivity contribution in [2.45, 2.75) is 39.3 Å². The molecule has 1 aliphatic heterocycles. The number of likely N-dealkylation sites (N-methyl/N-ethyl adjacent to an activating group) is 1. The molecule has 4 aromatic rings. The van der Waals surface area contributed by atoms with Gasteiger partial charge in [0.1, 0.15) is 11.0 Å². The summed E-state index contributed by atoms with van der Waals surface area (Å²) in [7, 11) is 1.83. The van der Waals surface area contributed by atoms with E-state index in [2.05, 4.69) is 48.3 Å². The zero-order valence-corrected chi connectivity index (χ0v) is 20.1. The van der Waals surface area contributed by atoms with Crippen molar-refractivity contribution in [1.82, 2.24) is 29.6 Å². The van der Waals surface area contributed by atoms with E-state index < -0.39 is 0 Å². The first-order valence-electron chi connectivity index (χ1n) is 11.8. The molecular formula is C25H30N8O. The maximum Gasteiger partial charge on any atom is 0.242 e. The second-order valence-electron chi connectivity index (χ2n) is 9.02. The summed E-state index contributed by atoms with van der Waals surface area (Å²) in [4.78, 5) is 30.3. The Morgan fingerprint density at radius 2 is 1.91 bits per heavy atom. The Labute approximate surface area is 198 Å². The maximum atomic E-state index is 12.3. The number of rotatable bonds is 6. The second-order valence-corrected chi connectivity index (χ2v) is 9.02. The van der Waals surface area contributed by atoms with Gasteiger partial charge in [-0.25, -0.2) is 4.98 Å². The van der Waals surface area contributed by atoms with Crippen LogP contribution in [-0.2, 0) is 4.79 Å². The van der Waals surface area contributed by atoms with Gasteiger partial charge < -0.3 is 15.1 Å². The molecule has 3 aromatic heterocycles. The molecule has 2 atom stereocenters. The molecule has 0 aliphatic carbocycles. The van der Waals surface area contributed by atoms with Gasteiger partial charge in [0.05, 0.1) is 24.3 Å². The van der Waals surface area contributed by atoms with Gasteiger partial charge >= 0.3 is 0 Å². The molecule has 1 aliphatic rings. The number of anilines is 2. The molecule has 1 amide bonds. The van der Waals surface area contributed by atoms with E-state index in [4.69, 9.17) is 9.97 Å². The Balaban J connectivity index is 1.55. The van der Waals surface area contributed by atoms with Crippen LogP contribution in [0.1, 0.15) is 44.8 Å². The largest absolute Gasteiger partial charge is 0.362 e. The van der Waals surface area contributed by atoms with Crippen molar-refractivity contribution in [2.24, 2.45) is 0 Å². The molecule has 0 bridgehead atoms. The van der Waals surface area contributed by atoms with Crippen molar-refractivity contribution in [1.29, 1.82) is 0 Å². The summed E-state index contributed by atoms with van der Waals surface area (Å²) in [5.41, 5.74) is 3.68. The Morgan fingerprint density at radius 1 is 1.09 bits per heavy atom. The van der Waals surface area contributed by atoms with Gasteiger partial charge in [0.15, 0.2) is 5.82 Å².